The first kappa shape index (κ1) is 18.0. The lowest BCUT2D eigenvalue weighted by atomic mass is 9.85. The van der Waals surface area contributed by atoms with E-state index >= 15 is 0 Å². The van der Waals surface area contributed by atoms with Gasteiger partial charge in [0.25, 0.3) is 0 Å². The molecule has 2 atom stereocenters. The molecule has 2 N–H and O–H groups in total. The van der Waals surface area contributed by atoms with E-state index in [2.05, 4.69) is 12.2 Å². The molecule has 0 radical (unpaired) electrons. The van der Waals surface area contributed by atoms with Gasteiger partial charge in [-0.2, -0.15) is 0 Å². The molecule has 1 fully saturated rings. The maximum absolute atomic E-state index is 12.2. The van der Waals surface area contributed by atoms with Crippen LogP contribution in [0.3, 0.4) is 0 Å². The molecule has 1 saturated heterocycles. The summed E-state index contributed by atoms with van der Waals surface area (Å²) in [5.74, 6) is -1.20. The first-order valence-electron chi connectivity index (χ1n) is 8.18. The lowest BCUT2D eigenvalue weighted by molar-refractivity contribution is -0.145. The Labute approximate surface area is 127 Å². The number of amides is 1. The SMILES string of the molecule is CCCCC(CC)C(=O)NCC(C(=O)O)C1CCOCC1. The molecule has 5 nitrogen and oxygen atoms in total. The topological polar surface area (TPSA) is 75.6 Å². The molecule has 1 aliphatic heterocycles. The van der Waals surface area contributed by atoms with Crippen LogP contribution < -0.4 is 5.32 Å². The second kappa shape index (κ2) is 9.77. The zero-order chi connectivity index (χ0) is 15.7. The molecule has 0 aliphatic carbocycles. The number of unbranched alkanes of at least 4 members (excludes halogenated alkanes) is 1. The first-order valence-corrected chi connectivity index (χ1v) is 8.18. The van der Waals surface area contributed by atoms with E-state index in [-0.39, 0.29) is 24.3 Å². The summed E-state index contributed by atoms with van der Waals surface area (Å²) in [4.78, 5) is 23.6. The molecule has 0 aromatic heterocycles. The van der Waals surface area contributed by atoms with Gasteiger partial charge in [0, 0.05) is 25.7 Å². The zero-order valence-corrected chi connectivity index (χ0v) is 13.3. The van der Waals surface area contributed by atoms with E-state index in [0.29, 0.717) is 13.2 Å². The van der Waals surface area contributed by atoms with Crippen molar-refractivity contribution < 1.29 is 19.4 Å². The third-order valence-corrected chi connectivity index (χ3v) is 4.42. The van der Waals surface area contributed by atoms with Gasteiger partial charge in [0.1, 0.15) is 0 Å². The predicted octanol–water partition coefficient (Wildman–Crippen LogP) is 2.45. The average Bonchev–Trinajstić information content (AvgIpc) is 2.49. The number of carboxylic acids is 1. The number of carbonyl (C=O) groups is 2. The lowest BCUT2D eigenvalue weighted by Crippen LogP contribution is -2.41. The van der Waals surface area contributed by atoms with Gasteiger partial charge in [-0.15, -0.1) is 0 Å². The van der Waals surface area contributed by atoms with Gasteiger partial charge >= 0.3 is 5.97 Å². The molecule has 0 aromatic carbocycles. The van der Waals surface area contributed by atoms with Crippen molar-refractivity contribution in [2.24, 2.45) is 17.8 Å². The molecule has 0 aromatic rings. The monoisotopic (exact) mass is 299 g/mol. The van der Waals surface area contributed by atoms with Crippen LogP contribution in [-0.4, -0.2) is 36.7 Å². The van der Waals surface area contributed by atoms with Crippen LogP contribution in [0.25, 0.3) is 0 Å². The Bertz CT molecular complexity index is 326. The lowest BCUT2D eigenvalue weighted by Gasteiger charge is -2.28. The van der Waals surface area contributed by atoms with Crippen LogP contribution in [-0.2, 0) is 14.3 Å². The summed E-state index contributed by atoms with van der Waals surface area (Å²) in [7, 11) is 0. The average molecular weight is 299 g/mol. The van der Waals surface area contributed by atoms with Crippen LogP contribution in [0.2, 0.25) is 0 Å². The Hall–Kier alpha value is -1.10. The number of carbonyl (C=O) groups excluding carboxylic acids is 1. The van der Waals surface area contributed by atoms with Crippen LogP contribution in [0.5, 0.6) is 0 Å². The summed E-state index contributed by atoms with van der Waals surface area (Å²) in [6.45, 7) is 5.59. The standard InChI is InChI=1S/C16H29NO4/c1-3-5-6-12(4-2)15(18)17-11-14(16(19)20)13-7-9-21-10-8-13/h12-14H,3-11H2,1-2H3,(H,17,18)(H,19,20). The minimum absolute atomic E-state index is 0.00394. The Morgan fingerprint density at radius 1 is 1.29 bits per heavy atom. The van der Waals surface area contributed by atoms with E-state index in [1.165, 1.54) is 0 Å². The zero-order valence-electron chi connectivity index (χ0n) is 13.3. The Balaban J connectivity index is 2.47. The minimum Gasteiger partial charge on any atom is -0.481 e. The summed E-state index contributed by atoms with van der Waals surface area (Å²) >= 11 is 0. The van der Waals surface area contributed by atoms with Gasteiger partial charge in [0.2, 0.25) is 5.91 Å². The summed E-state index contributed by atoms with van der Waals surface area (Å²) < 4.78 is 5.27. The van der Waals surface area contributed by atoms with Crippen LogP contribution >= 0.6 is 0 Å². The van der Waals surface area contributed by atoms with E-state index in [1.807, 2.05) is 6.92 Å². The van der Waals surface area contributed by atoms with Crippen molar-refractivity contribution in [1.82, 2.24) is 5.32 Å². The van der Waals surface area contributed by atoms with Gasteiger partial charge in [0.05, 0.1) is 5.92 Å². The molecule has 1 rings (SSSR count). The van der Waals surface area contributed by atoms with Crippen LogP contribution in [0.15, 0.2) is 0 Å². The smallest absolute Gasteiger partial charge is 0.308 e. The van der Waals surface area contributed by atoms with E-state index < -0.39 is 11.9 Å². The molecule has 122 valence electrons. The highest BCUT2D eigenvalue weighted by atomic mass is 16.5. The fourth-order valence-corrected chi connectivity index (χ4v) is 2.90. The molecule has 0 spiro atoms. The molecular weight excluding hydrogens is 270 g/mol. The largest absolute Gasteiger partial charge is 0.481 e. The van der Waals surface area contributed by atoms with E-state index in [9.17, 15) is 14.7 Å². The van der Waals surface area contributed by atoms with Gasteiger partial charge < -0.3 is 15.2 Å². The third-order valence-electron chi connectivity index (χ3n) is 4.42. The number of ether oxygens (including phenoxy) is 1. The normalized spacial score (nSPS) is 19.0. The fourth-order valence-electron chi connectivity index (χ4n) is 2.90. The molecule has 0 bridgehead atoms. The minimum atomic E-state index is -0.816. The van der Waals surface area contributed by atoms with Crippen molar-refractivity contribution in [3.8, 4) is 0 Å². The third kappa shape index (κ3) is 6.04. The van der Waals surface area contributed by atoms with Gasteiger partial charge in [-0.3, -0.25) is 9.59 Å². The Morgan fingerprint density at radius 3 is 2.48 bits per heavy atom. The van der Waals surface area contributed by atoms with Crippen molar-refractivity contribution in [3.05, 3.63) is 0 Å². The van der Waals surface area contributed by atoms with Crippen LogP contribution in [0, 0.1) is 17.8 Å². The van der Waals surface area contributed by atoms with Gasteiger partial charge in [-0.1, -0.05) is 26.7 Å². The molecule has 2 unspecified atom stereocenters. The van der Waals surface area contributed by atoms with Crippen molar-refractivity contribution in [1.29, 1.82) is 0 Å². The molecule has 0 saturated carbocycles. The van der Waals surface area contributed by atoms with E-state index in [0.717, 1.165) is 38.5 Å². The fraction of sp³-hybridized carbons (Fsp3) is 0.875. The summed E-state index contributed by atoms with van der Waals surface area (Å²) in [5.41, 5.74) is 0. The second-order valence-corrected chi connectivity index (χ2v) is 5.89. The second-order valence-electron chi connectivity index (χ2n) is 5.89. The Morgan fingerprint density at radius 2 is 1.95 bits per heavy atom. The number of rotatable bonds is 9. The maximum Gasteiger partial charge on any atom is 0.308 e. The van der Waals surface area contributed by atoms with Crippen LogP contribution in [0.1, 0.15) is 52.4 Å². The van der Waals surface area contributed by atoms with E-state index in [1.54, 1.807) is 0 Å². The van der Waals surface area contributed by atoms with E-state index in [4.69, 9.17) is 4.74 Å². The molecule has 5 heteroatoms. The van der Waals surface area contributed by atoms with Crippen molar-refractivity contribution in [3.63, 3.8) is 0 Å². The summed E-state index contributed by atoms with van der Waals surface area (Å²) in [6.07, 6.45) is 5.33. The summed E-state index contributed by atoms with van der Waals surface area (Å²) in [6, 6.07) is 0. The van der Waals surface area contributed by atoms with Crippen molar-refractivity contribution >= 4 is 11.9 Å². The molecule has 21 heavy (non-hydrogen) atoms. The highest BCUT2D eigenvalue weighted by molar-refractivity contribution is 5.79. The predicted molar refractivity (Wildman–Crippen MR) is 81.0 cm³/mol. The van der Waals surface area contributed by atoms with Crippen molar-refractivity contribution in [2.75, 3.05) is 19.8 Å². The molecule has 1 amide bonds. The van der Waals surface area contributed by atoms with Gasteiger partial charge in [0.15, 0.2) is 0 Å². The van der Waals surface area contributed by atoms with Gasteiger partial charge in [-0.05, 0) is 31.6 Å². The highest BCUT2D eigenvalue weighted by Gasteiger charge is 2.30. The quantitative estimate of drug-likeness (QED) is 0.685. The van der Waals surface area contributed by atoms with Gasteiger partial charge in [-0.25, -0.2) is 0 Å². The highest BCUT2D eigenvalue weighted by Crippen LogP contribution is 2.24. The molecule has 1 heterocycles. The number of carboxylic acid groups (broad SMARTS) is 1. The van der Waals surface area contributed by atoms with Crippen LogP contribution in [0.4, 0.5) is 0 Å². The first-order chi connectivity index (χ1) is 10.1. The number of hydrogen-bond acceptors (Lipinski definition) is 3. The Kier molecular flexibility index (Phi) is 8.35. The number of nitrogens with one attached hydrogen (secondary N) is 1. The van der Waals surface area contributed by atoms with Crippen molar-refractivity contribution in [2.45, 2.75) is 52.4 Å². The summed E-state index contributed by atoms with van der Waals surface area (Å²) in [5, 5.41) is 12.2. The maximum atomic E-state index is 12.2. The number of aliphatic carboxylic acids is 1. The molecule has 1 aliphatic rings. The number of hydrogen-bond donors (Lipinski definition) is 2. The molecular formula is C16H29NO4.